The summed E-state index contributed by atoms with van der Waals surface area (Å²) in [5.74, 6) is 0. The van der Waals surface area contributed by atoms with E-state index in [0.717, 1.165) is 24.8 Å². The van der Waals surface area contributed by atoms with Crippen LogP contribution >= 0.6 is 23.2 Å². The Morgan fingerprint density at radius 3 is 2.61 bits per heavy atom. The maximum atomic E-state index is 6.25. The number of ether oxygens (including phenoxy) is 1. The molecule has 1 fully saturated rings. The van der Waals surface area contributed by atoms with E-state index in [2.05, 4.69) is 5.32 Å². The molecule has 1 aliphatic rings. The fourth-order valence-electron chi connectivity index (χ4n) is 2.70. The van der Waals surface area contributed by atoms with E-state index in [-0.39, 0.29) is 11.6 Å². The molecular formula is C14H19Cl2NO. The van der Waals surface area contributed by atoms with Crippen molar-refractivity contribution in [3.05, 3.63) is 33.8 Å². The Balaban J connectivity index is 2.18. The minimum Gasteiger partial charge on any atom is -0.377 e. The van der Waals surface area contributed by atoms with E-state index in [9.17, 15) is 0 Å². The summed E-state index contributed by atoms with van der Waals surface area (Å²) < 4.78 is 5.73. The molecule has 1 aromatic carbocycles. The third-order valence-corrected chi connectivity index (χ3v) is 4.90. The van der Waals surface area contributed by atoms with Crippen LogP contribution < -0.4 is 5.32 Å². The molecule has 1 N–H and O–H groups in total. The number of halogens is 2. The van der Waals surface area contributed by atoms with Gasteiger partial charge >= 0.3 is 0 Å². The van der Waals surface area contributed by atoms with Gasteiger partial charge in [-0.15, -0.1) is 0 Å². The first kappa shape index (κ1) is 14.1. The number of likely N-dealkylation sites (N-methyl/N-ethyl adjacent to an activating group) is 1. The molecule has 0 saturated heterocycles. The SMILES string of the molecule is CNC(Cc1cccc(Cl)c1Cl)C1(OC)CCC1. The van der Waals surface area contributed by atoms with E-state index in [0.29, 0.717) is 10.0 Å². The average Bonchev–Trinajstić information content (AvgIpc) is 2.32. The highest BCUT2D eigenvalue weighted by molar-refractivity contribution is 6.42. The fraction of sp³-hybridized carbons (Fsp3) is 0.571. The standard InChI is InChI=1S/C14H19Cl2NO/c1-17-12(14(18-2)7-4-8-14)9-10-5-3-6-11(15)13(10)16/h3,5-6,12,17H,4,7-9H2,1-2H3. The van der Waals surface area contributed by atoms with Gasteiger partial charge in [0.2, 0.25) is 0 Å². The summed E-state index contributed by atoms with van der Waals surface area (Å²) in [4.78, 5) is 0. The highest BCUT2D eigenvalue weighted by Crippen LogP contribution is 2.40. The Kier molecular flexibility index (Phi) is 4.54. The Labute approximate surface area is 119 Å². The lowest BCUT2D eigenvalue weighted by Crippen LogP contribution is -2.56. The average molecular weight is 288 g/mol. The Morgan fingerprint density at radius 2 is 2.11 bits per heavy atom. The van der Waals surface area contributed by atoms with E-state index in [1.165, 1.54) is 6.42 Å². The van der Waals surface area contributed by atoms with Crippen molar-refractivity contribution >= 4 is 23.2 Å². The van der Waals surface area contributed by atoms with Gasteiger partial charge < -0.3 is 10.1 Å². The molecule has 0 aliphatic heterocycles. The van der Waals surface area contributed by atoms with E-state index in [1.54, 1.807) is 7.11 Å². The van der Waals surface area contributed by atoms with Gasteiger partial charge in [-0.2, -0.15) is 0 Å². The topological polar surface area (TPSA) is 21.3 Å². The molecule has 4 heteroatoms. The molecule has 100 valence electrons. The molecule has 1 aliphatic carbocycles. The van der Waals surface area contributed by atoms with Crippen LogP contribution in [0.4, 0.5) is 0 Å². The van der Waals surface area contributed by atoms with E-state index < -0.39 is 0 Å². The molecule has 0 spiro atoms. The molecule has 2 nitrogen and oxygen atoms in total. The first-order valence-electron chi connectivity index (χ1n) is 6.28. The highest BCUT2D eigenvalue weighted by atomic mass is 35.5. The predicted molar refractivity (Wildman–Crippen MR) is 76.6 cm³/mol. The number of nitrogens with one attached hydrogen (secondary N) is 1. The molecule has 0 bridgehead atoms. The number of rotatable bonds is 5. The Bertz CT molecular complexity index is 413. The highest BCUT2D eigenvalue weighted by Gasteiger charge is 2.43. The van der Waals surface area contributed by atoms with E-state index >= 15 is 0 Å². The van der Waals surface area contributed by atoms with Crippen molar-refractivity contribution in [2.45, 2.75) is 37.3 Å². The molecule has 1 unspecified atom stereocenters. The number of hydrogen-bond acceptors (Lipinski definition) is 2. The quantitative estimate of drug-likeness (QED) is 0.892. The van der Waals surface area contributed by atoms with E-state index in [4.69, 9.17) is 27.9 Å². The summed E-state index contributed by atoms with van der Waals surface area (Å²) in [5.41, 5.74) is 1.03. The summed E-state index contributed by atoms with van der Waals surface area (Å²) in [6, 6.07) is 6.06. The van der Waals surface area contributed by atoms with E-state index in [1.807, 2.05) is 25.2 Å². The van der Waals surface area contributed by atoms with Crippen molar-refractivity contribution in [2.75, 3.05) is 14.2 Å². The minimum atomic E-state index is -0.0413. The largest absolute Gasteiger partial charge is 0.377 e. The zero-order valence-electron chi connectivity index (χ0n) is 10.8. The predicted octanol–water partition coefficient (Wildman–Crippen LogP) is 3.69. The lowest BCUT2D eigenvalue weighted by atomic mass is 9.72. The van der Waals surface area contributed by atoms with Gasteiger partial charge in [-0.25, -0.2) is 0 Å². The lowest BCUT2D eigenvalue weighted by Gasteiger charge is -2.46. The molecule has 1 aromatic rings. The first-order valence-corrected chi connectivity index (χ1v) is 7.04. The second-order valence-electron chi connectivity index (χ2n) is 4.88. The molecular weight excluding hydrogens is 269 g/mol. The maximum Gasteiger partial charge on any atom is 0.0834 e. The second kappa shape index (κ2) is 5.79. The smallest absolute Gasteiger partial charge is 0.0834 e. The third-order valence-electron chi connectivity index (χ3n) is 4.05. The maximum absolute atomic E-state index is 6.25. The second-order valence-corrected chi connectivity index (χ2v) is 5.67. The zero-order valence-corrected chi connectivity index (χ0v) is 12.3. The van der Waals surface area contributed by atoms with Crippen molar-refractivity contribution in [1.29, 1.82) is 0 Å². The van der Waals surface area contributed by atoms with Crippen molar-refractivity contribution in [2.24, 2.45) is 0 Å². The Hall–Kier alpha value is -0.280. The summed E-state index contributed by atoms with van der Waals surface area (Å²) in [6.45, 7) is 0. The molecule has 2 rings (SSSR count). The van der Waals surface area contributed by atoms with Crippen LogP contribution in [0.3, 0.4) is 0 Å². The van der Waals surface area contributed by atoms with Crippen LogP contribution in [-0.4, -0.2) is 25.8 Å². The number of hydrogen-bond donors (Lipinski definition) is 1. The minimum absolute atomic E-state index is 0.0413. The summed E-state index contributed by atoms with van der Waals surface area (Å²) in [6.07, 6.45) is 4.28. The fourth-order valence-corrected chi connectivity index (χ4v) is 3.09. The van der Waals surface area contributed by atoms with Crippen LogP contribution in [0.2, 0.25) is 10.0 Å². The monoisotopic (exact) mass is 287 g/mol. The Morgan fingerprint density at radius 1 is 1.39 bits per heavy atom. The first-order chi connectivity index (χ1) is 8.63. The molecule has 1 atom stereocenters. The summed E-state index contributed by atoms with van der Waals surface area (Å²) in [5, 5.41) is 4.64. The molecule has 1 saturated carbocycles. The summed E-state index contributed by atoms with van der Waals surface area (Å²) >= 11 is 12.3. The van der Waals surface area contributed by atoms with Crippen LogP contribution in [0.5, 0.6) is 0 Å². The van der Waals surface area contributed by atoms with Crippen molar-refractivity contribution in [3.63, 3.8) is 0 Å². The lowest BCUT2D eigenvalue weighted by molar-refractivity contribution is -0.0966. The molecule has 0 aromatic heterocycles. The molecule has 0 amide bonds. The third kappa shape index (κ3) is 2.53. The van der Waals surface area contributed by atoms with Gasteiger partial charge in [0, 0.05) is 13.2 Å². The molecule has 0 heterocycles. The van der Waals surface area contributed by atoms with Crippen LogP contribution in [0.25, 0.3) is 0 Å². The number of benzene rings is 1. The van der Waals surface area contributed by atoms with Crippen molar-refractivity contribution in [1.82, 2.24) is 5.32 Å². The van der Waals surface area contributed by atoms with Gasteiger partial charge in [0.1, 0.15) is 0 Å². The van der Waals surface area contributed by atoms with Gasteiger partial charge in [-0.05, 0) is 44.4 Å². The van der Waals surface area contributed by atoms with Crippen LogP contribution in [0.1, 0.15) is 24.8 Å². The van der Waals surface area contributed by atoms with Crippen molar-refractivity contribution in [3.8, 4) is 0 Å². The normalized spacial score (nSPS) is 19.3. The number of methoxy groups -OCH3 is 1. The van der Waals surface area contributed by atoms with Crippen molar-refractivity contribution < 1.29 is 4.74 Å². The van der Waals surface area contributed by atoms with Crippen LogP contribution in [-0.2, 0) is 11.2 Å². The van der Waals surface area contributed by atoms with Crippen LogP contribution in [0.15, 0.2) is 18.2 Å². The van der Waals surface area contributed by atoms with Crippen LogP contribution in [0, 0.1) is 0 Å². The van der Waals surface area contributed by atoms with Gasteiger partial charge in [0.05, 0.1) is 15.6 Å². The van der Waals surface area contributed by atoms with Gasteiger partial charge in [0.25, 0.3) is 0 Å². The van der Waals surface area contributed by atoms with Gasteiger partial charge in [-0.3, -0.25) is 0 Å². The zero-order chi connectivity index (χ0) is 13.2. The van der Waals surface area contributed by atoms with Gasteiger partial charge in [0.15, 0.2) is 0 Å². The van der Waals surface area contributed by atoms with Gasteiger partial charge in [-0.1, -0.05) is 35.3 Å². The summed E-state index contributed by atoms with van der Waals surface area (Å²) in [7, 11) is 3.77. The molecule has 18 heavy (non-hydrogen) atoms. The molecule has 0 radical (unpaired) electrons.